The van der Waals surface area contributed by atoms with E-state index in [0.717, 1.165) is 34.7 Å². The molecule has 0 radical (unpaired) electrons. The van der Waals surface area contributed by atoms with Gasteiger partial charge in [-0.15, -0.1) is 18.3 Å². The van der Waals surface area contributed by atoms with Gasteiger partial charge in [0.25, 0.3) is 0 Å². The number of aromatic nitrogens is 3. The molecule has 1 aromatic heterocycles. The Balaban J connectivity index is 1.23. The molecular formula is C32H31F3N6O2S. The summed E-state index contributed by atoms with van der Waals surface area (Å²) < 4.78 is 42.6. The first kappa shape index (κ1) is 30.9. The molecule has 1 aliphatic heterocycles. The monoisotopic (exact) mass is 620 g/mol. The molecule has 3 aromatic carbocycles. The highest BCUT2D eigenvalue weighted by molar-refractivity contribution is 8.14. The number of thioether (sulfide) groups is 1. The summed E-state index contributed by atoms with van der Waals surface area (Å²) in [7, 11) is 0. The van der Waals surface area contributed by atoms with Crippen LogP contribution in [0.25, 0.3) is 22.6 Å². The number of anilines is 1. The van der Waals surface area contributed by atoms with Crippen LogP contribution in [0.3, 0.4) is 0 Å². The second-order valence-electron chi connectivity index (χ2n) is 10.5. The Morgan fingerprint density at radius 2 is 1.82 bits per heavy atom. The van der Waals surface area contributed by atoms with Crippen molar-refractivity contribution in [1.82, 2.24) is 20.1 Å². The fourth-order valence-corrected chi connectivity index (χ4v) is 5.89. The van der Waals surface area contributed by atoms with Crippen LogP contribution < -0.4 is 15.0 Å². The lowest BCUT2D eigenvalue weighted by molar-refractivity contribution is -0.274. The number of allylic oxidation sites excluding steroid dienone is 1. The molecule has 0 saturated carbocycles. The van der Waals surface area contributed by atoms with Crippen molar-refractivity contribution in [2.75, 3.05) is 17.2 Å². The molecule has 12 heteroatoms. The van der Waals surface area contributed by atoms with Gasteiger partial charge >= 0.3 is 12.4 Å². The normalized spacial score (nSPS) is 14.9. The molecule has 2 heterocycles. The van der Waals surface area contributed by atoms with E-state index in [1.165, 1.54) is 46.4 Å². The van der Waals surface area contributed by atoms with Crippen LogP contribution in [0.2, 0.25) is 0 Å². The summed E-state index contributed by atoms with van der Waals surface area (Å²) in [6, 6.07) is 18.6. The molecule has 1 aliphatic rings. The van der Waals surface area contributed by atoms with E-state index < -0.39 is 12.4 Å². The second-order valence-corrected chi connectivity index (χ2v) is 11.5. The molecule has 8 nitrogen and oxygen atoms in total. The van der Waals surface area contributed by atoms with Gasteiger partial charge in [-0.05, 0) is 72.4 Å². The van der Waals surface area contributed by atoms with Gasteiger partial charge in [-0.25, -0.2) is 14.5 Å². The Hall–Kier alpha value is -4.58. The maximum atomic E-state index is 12.8. The van der Waals surface area contributed by atoms with Crippen LogP contribution in [-0.2, 0) is 0 Å². The molecule has 0 unspecified atom stereocenters. The summed E-state index contributed by atoms with van der Waals surface area (Å²) in [6.07, 6.45) is -1.63. The molecule has 0 aliphatic carbocycles. The predicted octanol–water partition coefficient (Wildman–Crippen LogP) is 7.94. The lowest BCUT2D eigenvalue weighted by atomic mass is 9.95. The van der Waals surface area contributed by atoms with Crippen molar-refractivity contribution >= 4 is 34.2 Å². The number of ether oxygens (including phenoxy) is 1. The highest BCUT2D eigenvalue weighted by Crippen LogP contribution is 2.34. The number of hydrogen-bond donors (Lipinski definition) is 1. The highest BCUT2D eigenvalue weighted by atomic mass is 32.2. The van der Waals surface area contributed by atoms with Crippen molar-refractivity contribution in [3.63, 3.8) is 0 Å². The molecule has 1 N–H and O–H groups in total. The molecule has 2 amide bonds. The number of aliphatic imine (C=N–C) groups is 1. The highest BCUT2D eigenvalue weighted by Gasteiger charge is 2.31. The minimum Gasteiger partial charge on any atom is -0.406 e. The lowest BCUT2D eigenvalue weighted by Crippen LogP contribution is -2.27. The van der Waals surface area contributed by atoms with Crippen LogP contribution in [0.4, 0.5) is 23.7 Å². The van der Waals surface area contributed by atoms with E-state index in [0.29, 0.717) is 22.6 Å². The summed E-state index contributed by atoms with van der Waals surface area (Å²) in [5.74, 6) is 1.34. The average Bonchev–Trinajstić information content (AvgIpc) is 3.66. The van der Waals surface area contributed by atoms with E-state index in [4.69, 9.17) is 0 Å². The number of rotatable bonds is 7. The van der Waals surface area contributed by atoms with Crippen LogP contribution >= 0.6 is 11.8 Å². The third-order valence-electron chi connectivity index (χ3n) is 6.98. The maximum absolute atomic E-state index is 12.8. The summed E-state index contributed by atoms with van der Waals surface area (Å²) in [5.41, 5.74) is 6.59. The van der Waals surface area contributed by atoms with Gasteiger partial charge in [0.15, 0.2) is 11.0 Å². The van der Waals surface area contributed by atoms with Crippen molar-refractivity contribution in [1.29, 1.82) is 0 Å². The number of halogens is 3. The van der Waals surface area contributed by atoms with E-state index in [1.807, 2.05) is 37.3 Å². The number of hydrogen-bond acceptors (Lipinski definition) is 5. The van der Waals surface area contributed by atoms with Gasteiger partial charge in [-0.1, -0.05) is 62.0 Å². The summed E-state index contributed by atoms with van der Waals surface area (Å²) in [6.45, 7) is 9.13. The van der Waals surface area contributed by atoms with Crippen molar-refractivity contribution in [2.45, 2.75) is 40.0 Å². The minimum absolute atomic E-state index is 0.314. The first-order valence-electron chi connectivity index (χ1n) is 13.9. The largest absolute Gasteiger partial charge is 0.573 e. The van der Waals surface area contributed by atoms with Gasteiger partial charge in [0.2, 0.25) is 0 Å². The molecule has 0 spiro atoms. The first-order chi connectivity index (χ1) is 21.0. The van der Waals surface area contributed by atoms with E-state index in [9.17, 15) is 18.0 Å². The van der Waals surface area contributed by atoms with E-state index in [2.05, 4.69) is 62.9 Å². The third kappa shape index (κ3) is 7.31. The number of urea groups is 1. The number of alkyl halides is 3. The molecule has 5 rings (SSSR count). The topological polar surface area (TPSA) is 84.6 Å². The zero-order valence-corrected chi connectivity index (χ0v) is 25.4. The molecule has 0 bridgehead atoms. The summed E-state index contributed by atoms with van der Waals surface area (Å²) >= 11 is 1.57. The second kappa shape index (κ2) is 13.0. The number of amides is 2. The number of carbonyl (C=O) groups is 1. The standard InChI is InChI=1S/C32H31F3N6O2S/c1-20(2)28-21(3)6-5-7-27(28)40-16-17-44-31(40)38-30(42)36-18-22(4)23-8-10-24(11-9-23)29-37-19-41(39-29)25-12-14-26(15-13-25)43-32(33,34)35/h5-15,18-20H,16-17H2,1-4H3,(H,36,42)/b22-18+,38-31-. The van der Waals surface area contributed by atoms with E-state index in [1.54, 1.807) is 18.0 Å². The first-order valence-corrected chi connectivity index (χ1v) is 14.9. The Kier molecular flexibility index (Phi) is 9.09. The molecule has 228 valence electrons. The van der Waals surface area contributed by atoms with Gasteiger partial charge < -0.3 is 15.0 Å². The molecule has 1 saturated heterocycles. The average molecular weight is 621 g/mol. The van der Waals surface area contributed by atoms with Crippen LogP contribution in [0.1, 0.15) is 43.4 Å². The quantitative estimate of drug-likeness (QED) is 0.226. The molecule has 4 aromatic rings. The number of benzene rings is 3. The molecule has 0 atom stereocenters. The van der Waals surface area contributed by atoms with Gasteiger partial charge in [0.05, 0.1) is 5.69 Å². The smallest absolute Gasteiger partial charge is 0.406 e. The lowest BCUT2D eigenvalue weighted by Gasteiger charge is -2.24. The number of nitrogens with zero attached hydrogens (tertiary/aromatic N) is 5. The van der Waals surface area contributed by atoms with Gasteiger partial charge in [0.1, 0.15) is 12.1 Å². The van der Waals surface area contributed by atoms with Crippen molar-refractivity contribution in [2.24, 2.45) is 4.99 Å². The zero-order chi connectivity index (χ0) is 31.4. The Morgan fingerprint density at radius 3 is 2.50 bits per heavy atom. The SMILES string of the molecule is C/C(=C\NC(=O)/N=C1\SCCN1c1cccc(C)c1C(C)C)c1ccc(-c2ncn(-c3ccc(OC(F)(F)F)cc3)n2)cc1. The summed E-state index contributed by atoms with van der Waals surface area (Å²) in [4.78, 5) is 23.6. The van der Waals surface area contributed by atoms with Gasteiger partial charge in [-0.3, -0.25) is 0 Å². The van der Waals surface area contributed by atoms with Crippen LogP contribution in [0.5, 0.6) is 5.75 Å². The molecule has 1 fully saturated rings. The summed E-state index contributed by atoms with van der Waals surface area (Å²) in [5, 5.41) is 7.90. The van der Waals surface area contributed by atoms with Crippen LogP contribution in [-0.4, -0.2) is 44.6 Å². The predicted molar refractivity (Wildman–Crippen MR) is 168 cm³/mol. The fraction of sp³-hybridized carbons (Fsp3) is 0.250. The Labute approximate surface area is 257 Å². The van der Waals surface area contributed by atoms with E-state index in [-0.39, 0.29) is 5.75 Å². The van der Waals surface area contributed by atoms with Gasteiger partial charge in [0, 0.05) is 29.7 Å². The third-order valence-corrected chi connectivity index (χ3v) is 7.94. The Bertz CT molecular complexity index is 1700. The number of nitrogens with one attached hydrogen (secondary N) is 1. The Morgan fingerprint density at radius 1 is 1.09 bits per heavy atom. The molecule has 44 heavy (non-hydrogen) atoms. The van der Waals surface area contributed by atoms with E-state index >= 15 is 0 Å². The van der Waals surface area contributed by atoms with Crippen LogP contribution in [0.15, 0.2) is 84.2 Å². The zero-order valence-electron chi connectivity index (χ0n) is 24.6. The minimum atomic E-state index is -4.75. The maximum Gasteiger partial charge on any atom is 0.573 e. The molecular weight excluding hydrogens is 589 g/mol. The number of amidine groups is 1. The van der Waals surface area contributed by atoms with Gasteiger partial charge in [-0.2, -0.15) is 4.99 Å². The number of aryl methyl sites for hydroxylation is 1. The van der Waals surface area contributed by atoms with Crippen molar-refractivity contribution in [3.8, 4) is 22.8 Å². The fourth-order valence-electron chi connectivity index (χ4n) is 4.94. The number of carbonyl (C=O) groups excluding carboxylic acids is 1. The van der Waals surface area contributed by atoms with Crippen molar-refractivity contribution < 1.29 is 22.7 Å². The van der Waals surface area contributed by atoms with Crippen molar-refractivity contribution in [3.05, 3.63) is 95.9 Å². The van der Waals surface area contributed by atoms with Crippen LogP contribution in [0, 0.1) is 6.92 Å².